The van der Waals surface area contributed by atoms with Crippen LogP contribution in [-0.2, 0) is 14.3 Å². The van der Waals surface area contributed by atoms with Crippen molar-refractivity contribution in [3.05, 3.63) is 29.8 Å². The first-order valence-corrected chi connectivity index (χ1v) is 7.50. The summed E-state index contributed by atoms with van der Waals surface area (Å²) in [6, 6.07) is 7.15. The minimum Gasteiger partial charge on any atom is -0.484 e. The topological polar surface area (TPSA) is 76.2 Å². The Morgan fingerprint density at radius 2 is 2.04 bits per heavy atom. The third-order valence-corrected chi connectivity index (χ3v) is 4.05. The number of amides is 3. The Labute approximate surface area is 133 Å². The van der Waals surface area contributed by atoms with Gasteiger partial charge in [-0.1, -0.05) is 17.7 Å². The van der Waals surface area contributed by atoms with Crippen molar-refractivity contribution in [1.29, 1.82) is 0 Å². The van der Waals surface area contributed by atoms with Gasteiger partial charge in [-0.3, -0.25) is 9.59 Å². The van der Waals surface area contributed by atoms with E-state index in [-0.39, 0.29) is 31.1 Å². The van der Waals surface area contributed by atoms with Crippen molar-refractivity contribution >= 4 is 17.9 Å². The van der Waals surface area contributed by atoms with Crippen molar-refractivity contribution in [2.45, 2.75) is 19.4 Å². The number of aryl methyl sites for hydroxylation is 1. The number of carbonyl (C=O) groups excluding carboxylic acids is 3. The van der Waals surface area contributed by atoms with Crippen LogP contribution in [0.25, 0.3) is 0 Å². The van der Waals surface area contributed by atoms with Crippen LogP contribution in [0.2, 0.25) is 0 Å². The summed E-state index contributed by atoms with van der Waals surface area (Å²) < 4.78 is 10.2. The zero-order valence-electron chi connectivity index (χ0n) is 12.9. The van der Waals surface area contributed by atoms with Crippen LogP contribution >= 0.6 is 0 Å². The van der Waals surface area contributed by atoms with Gasteiger partial charge in [0.2, 0.25) is 0 Å². The molecular formula is C16H18N2O5. The highest BCUT2D eigenvalue weighted by atomic mass is 16.6. The van der Waals surface area contributed by atoms with Gasteiger partial charge in [0, 0.05) is 13.1 Å². The van der Waals surface area contributed by atoms with E-state index in [0.717, 1.165) is 10.5 Å². The third-order valence-electron chi connectivity index (χ3n) is 4.05. The van der Waals surface area contributed by atoms with Crippen LogP contribution in [-0.4, -0.2) is 60.1 Å². The van der Waals surface area contributed by atoms with E-state index in [9.17, 15) is 14.4 Å². The maximum Gasteiger partial charge on any atom is 0.417 e. The highest BCUT2D eigenvalue weighted by Gasteiger charge is 2.41. The molecule has 1 unspecified atom stereocenters. The smallest absolute Gasteiger partial charge is 0.417 e. The number of hydrogen-bond donors (Lipinski definition) is 0. The fraction of sp³-hybridized carbons (Fsp3) is 0.438. The van der Waals surface area contributed by atoms with E-state index < -0.39 is 6.09 Å². The molecule has 0 radical (unpaired) electrons. The Balaban J connectivity index is 1.52. The van der Waals surface area contributed by atoms with Crippen molar-refractivity contribution < 1.29 is 23.9 Å². The minimum atomic E-state index is -0.620. The van der Waals surface area contributed by atoms with Gasteiger partial charge in [-0.2, -0.15) is 0 Å². The van der Waals surface area contributed by atoms with Crippen LogP contribution in [0, 0.1) is 6.92 Å². The average Bonchev–Trinajstić information content (AvgIpc) is 3.13. The van der Waals surface area contributed by atoms with Gasteiger partial charge in [0.15, 0.2) is 13.2 Å². The molecule has 0 spiro atoms. The molecule has 7 nitrogen and oxygen atoms in total. The second-order valence-corrected chi connectivity index (χ2v) is 5.70. The third kappa shape index (κ3) is 3.28. The Kier molecular flexibility index (Phi) is 4.18. The lowest BCUT2D eigenvalue weighted by Crippen LogP contribution is -2.42. The zero-order chi connectivity index (χ0) is 16.4. The van der Waals surface area contributed by atoms with E-state index in [1.54, 1.807) is 4.90 Å². The second kappa shape index (κ2) is 6.28. The summed E-state index contributed by atoms with van der Waals surface area (Å²) in [7, 11) is 0. The number of nitrogens with zero attached hydrogens (tertiary/aromatic N) is 2. The Hall–Kier alpha value is -2.57. The van der Waals surface area contributed by atoms with E-state index >= 15 is 0 Å². The molecule has 2 aliphatic rings. The molecule has 0 bridgehead atoms. The maximum atomic E-state index is 12.2. The molecule has 122 valence electrons. The van der Waals surface area contributed by atoms with Crippen molar-refractivity contribution in [2.75, 3.05) is 26.3 Å². The van der Waals surface area contributed by atoms with Gasteiger partial charge in [0.05, 0.1) is 6.04 Å². The number of imide groups is 1. The van der Waals surface area contributed by atoms with Gasteiger partial charge in [0.25, 0.3) is 11.8 Å². The fourth-order valence-electron chi connectivity index (χ4n) is 2.77. The van der Waals surface area contributed by atoms with Crippen LogP contribution in [0.3, 0.4) is 0 Å². The zero-order valence-corrected chi connectivity index (χ0v) is 12.9. The van der Waals surface area contributed by atoms with Gasteiger partial charge in [-0.15, -0.1) is 0 Å². The van der Waals surface area contributed by atoms with E-state index in [0.29, 0.717) is 25.3 Å². The summed E-state index contributed by atoms with van der Waals surface area (Å²) in [5, 5.41) is 0. The molecule has 1 aromatic rings. The quantitative estimate of drug-likeness (QED) is 0.826. The van der Waals surface area contributed by atoms with E-state index in [4.69, 9.17) is 9.47 Å². The molecule has 23 heavy (non-hydrogen) atoms. The number of cyclic esters (lactones) is 1. The Morgan fingerprint density at radius 1 is 1.30 bits per heavy atom. The Morgan fingerprint density at radius 3 is 2.70 bits per heavy atom. The first-order chi connectivity index (χ1) is 11.0. The highest BCUT2D eigenvalue weighted by Crippen LogP contribution is 2.20. The number of rotatable bonds is 4. The summed E-state index contributed by atoms with van der Waals surface area (Å²) in [4.78, 5) is 38.1. The van der Waals surface area contributed by atoms with E-state index in [1.807, 2.05) is 31.2 Å². The fourth-order valence-corrected chi connectivity index (χ4v) is 2.77. The predicted octanol–water partition coefficient (Wildman–Crippen LogP) is 0.954. The largest absolute Gasteiger partial charge is 0.484 e. The molecular weight excluding hydrogens is 300 g/mol. The summed E-state index contributed by atoms with van der Waals surface area (Å²) in [6.45, 7) is 2.53. The lowest BCUT2D eigenvalue weighted by atomic mass is 10.2. The van der Waals surface area contributed by atoms with Gasteiger partial charge in [-0.05, 0) is 25.5 Å². The second-order valence-electron chi connectivity index (χ2n) is 5.70. The monoisotopic (exact) mass is 318 g/mol. The van der Waals surface area contributed by atoms with Crippen molar-refractivity contribution in [2.24, 2.45) is 0 Å². The number of ether oxygens (including phenoxy) is 2. The number of likely N-dealkylation sites (tertiary alicyclic amines) is 1. The predicted molar refractivity (Wildman–Crippen MR) is 79.9 cm³/mol. The van der Waals surface area contributed by atoms with Crippen molar-refractivity contribution in [1.82, 2.24) is 9.80 Å². The SMILES string of the molecule is Cc1ccc(OCC(=O)N2CCC(N3C(=O)COC3=O)C2)cc1. The maximum absolute atomic E-state index is 12.2. The lowest BCUT2D eigenvalue weighted by Gasteiger charge is -2.20. The normalized spacial score (nSPS) is 20.8. The van der Waals surface area contributed by atoms with Crippen LogP contribution in [0.5, 0.6) is 5.75 Å². The number of benzene rings is 1. The molecule has 1 atom stereocenters. The van der Waals surface area contributed by atoms with Gasteiger partial charge in [0.1, 0.15) is 5.75 Å². The van der Waals surface area contributed by atoms with Gasteiger partial charge in [-0.25, -0.2) is 9.69 Å². The standard InChI is InChI=1S/C16H18N2O5/c1-11-2-4-13(5-3-11)22-9-14(19)17-7-6-12(8-17)18-15(20)10-23-16(18)21/h2-5,12H,6-10H2,1H3. The van der Waals surface area contributed by atoms with Gasteiger partial charge < -0.3 is 14.4 Å². The molecule has 0 saturated carbocycles. The van der Waals surface area contributed by atoms with E-state index in [1.165, 1.54) is 0 Å². The summed E-state index contributed by atoms with van der Waals surface area (Å²) in [5.74, 6) is 0.135. The molecule has 2 aliphatic heterocycles. The van der Waals surface area contributed by atoms with Crippen LogP contribution in [0.15, 0.2) is 24.3 Å². The minimum absolute atomic E-state index is 0.0613. The average molecular weight is 318 g/mol. The number of hydrogen-bond acceptors (Lipinski definition) is 5. The highest BCUT2D eigenvalue weighted by molar-refractivity contribution is 5.98. The molecule has 2 saturated heterocycles. The molecule has 7 heteroatoms. The summed E-state index contributed by atoms with van der Waals surface area (Å²) in [5.41, 5.74) is 1.12. The molecule has 3 amide bonds. The molecule has 2 fully saturated rings. The molecule has 1 aromatic carbocycles. The van der Waals surface area contributed by atoms with Crippen molar-refractivity contribution in [3.63, 3.8) is 0 Å². The first kappa shape index (κ1) is 15.3. The van der Waals surface area contributed by atoms with Crippen LogP contribution < -0.4 is 4.74 Å². The molecule has 2 heterocycles. The summed E-state index contributed by atoms with van der Waals surface area (Å²) in [6.07, 6.45) is -0.0536. The molecule has 0 N–H and O–H groups in total. The Bertz CT molecular complexity index is 612. The van der Waals surface area contributed by atoms with Crippen molar-refractivity contribution in [3.8, 4) is 5.75 Å². The van der Waals surface area contributed by atoms with Crippen LogP contribution in [0.4, 0.5) is 4.79 Å². The first-order valence-electron chi connectivity index (χ1n) is 7.50. The molecule has 3 rings (SSSR count). The van der Waals surface area contributed by atoms with Crippen LogP contribution in [0.1, 0.15) is 12.0 Å². The van der Waals surface area contributed by atoms with Gasteiger partial charge >= 0.3 is 6.09 Å². The van der Waals surface area contributed by atoms with E-state index in [2.05, 4.69) is 0 Å². The number of carbonyl (C=O) groups is 3. The summed E-state index contributed by atoms with van der Waals surface area (Å²) >= 11 is 0. The lowest BCUT2D eigenvalue weighted by molar-refractivity contribution is -0.133. The molecule has 0 aliphatic carbocycles. The molecule has 0 aromatic heterocycles.